The van der Waals surface area contributed by atoms with Crippen LogP contribution in [0.15, 0.2) is 24.3 Å². The number of rotatable bonds is 7. The van der Waals surface area contributed by atoms with Gasteiger partial charge in [-0.3, -0.25) is 9.59 Å². The van der Waals surface area contributed by atoms with Gasteiger partial charge in [0.25, 0.3) is 5.91 Å². The molecule has 0 fully saturated rings. The minimum Gasteiger partial charge on any atom is -0.328 e. The lowest BCUT2D eigenvalue weighted by Crippen LogP contribution is -2.41. The summed E-state index contributed by atoms with van der Waals surface area (Å²) in [7, 11) is 3.64. The number of thiazole rings is 1. The maximum absolute atomic E-state index is 12.8. The Bertz CT molecular complexity index is 844. The van der Waals surface area contributed by atoms with E-state index in [-0.39, 0.29) is 18.7 Å². The molecule has 1 N–H and O–H groups in total. The summed E-state index contributed by atoms with van der Waals surface area (Å²) in [4.78, 5) is 33.6. The summed E-state index contributed by atoms with van der Waals surface area (Å²) in [6.07, 6.45) is -4.48. The van der Waals surface area contributed by atoms with Gasteiger partial charge in [-0.1, -0.05) is 0 Å². The average molecular weight is 428 g/mol. The van der Waals surface area contributed by atoms with Crippen LogP contribution >= 0.6 is 11.3 Å². The molecule has 10 heteroatoms. The number of nitrogens with one attached hydrogen (secondary N) is 1. The van der Waals surface area contributed by atoms with E-state index < -0.39 is 23.6 Å². The van der Waals surface area contributed by atoms with Crippen molar-refractivity contribution in [1.82, 2.24) is 14.8 Å². The van der Waals surface area contributed by atoms with Crippen molar-refractivity contribution in [2.45, 2.75) is 20.0 Å². The zero-order valence-electron chi connectivity index (χ0n) is 16.6. The van der Waals surface area contributed by atoms with Gasteiger partial charge in [0.15, 0.2) is 5.13 Å². The second-order valence-electron chi connectivity index (χ2n) is 6.81. The van der Waals surface area contributed by atoms with E-state index in [1.165, 1.54) is 16.2 Å². The largest absolute Gasteiger partial charge is 0.416 e. The molecule has 2 aromatic rings. The second-order valence-corrected chi connectivity index (χ2v) is 8.02. The molecule has 0 unspecified atom stereocenters. The van der Waals surface area contributed by atoms with Crippen LogP contribution in [0.4, 0.5) is 18.3 Å². The Kier molecular flexibility index (Phi) is 7.37. The van der Waals surface area contributed by atoms with Crippen LogP contribution in [0.25, 0.3) is 0 Å². The molecule has 0 saturated heterocycles. The quantitative estimate of drug-likeness (QED) is 0.734. The highest BCUT2D eigenvalue weighted by molar-refractivity contribution is 7.15. The van der Waals surface area contributed by atoms with E-state index in [0.717, 1.165) is 34.8 Å². The number of halogens is 3. The van der Waals surface area contributed by atoms with Crippen LogP contribution in [-0.4, -0.2) is 60.3 Å². The number of carbonyl (C=O) groups excluding carboxylic acids is 2. The SMILES string of the molecule is Cc1nc(NC(=O)CN(CCN(C)C)C(=O)c2ccc(C(F)(F)F)cc2)sc1C. The average Bonchev–Trinajstić information content (AvgIpc) is 2.94. The normalized spacial score (nSPS) is 11.6. The van der Waals surface area contributed by atoms with Crippen LogP contribution in [-0.2, 0) is 11.0 Å². The number of anilines is 1. The third-order valence-corrected chi connectivity index (χ3v) is 5.16. The number of alkyl halides is 3. The van der Waals surface area contributed by atoms with Crippen molar-refractivity contribution in [2.75, 3.05) is 39.0 Å². The molecule has 0 atom stereocenters. The molecule has 0 aliphatic carbocycles. The number of hydrogen-bond acceptors (Lipinski definition) is 5. The Morgan fingerprint density at radius 3 is 2.21 bits per heavy atom. The molecule has 29 heavy (non-hydrogen) atoms. The molecule has 6 nitrogen and oxygen atoms in total. The summed E-state index contributed by atoms with van der Waals surface area (Å²) in [6.45, 7) is 4.23. The molecule has 2 amide bonds. The predicted molar refractivity (Wildman–Crippen MR) is 106 cm³/mol. The van der Waals surface area contributed by atoms with Crippen molar-refractivity contribution in [3.8, 4) is 0 Å². The lowest BCUT2D eigenvalue weighted by molar-refractivity contribution is -0.137. The van der Waals surface area contributed by atoms with Gasteiger partial charge in [-0.05, 0) is 52.2 Å². The number of likely N-dealkylation sites (N-methyl/N-ethyl adjacent to an activating group) is 1. The molecule has 0 bridgehead atoms. The summed E-state index contributed by atoms with van der Waals surface area (Å²) >= 11 is 1.34. The smallest absolute Gasteiger partial charge is 0.328 e. The van der Waals surface area contributed by atoms with Crippen LogP contribution in [0.2, 0.25) is 0 Å². The number of aromatic nitrogens is 1. The van der Waals surface area contributed by atoms with E-state index in [9.17, 15) is 22.8 Å². The third-order valence-electron chi connectivity index (χ3n) is 4.17. The molecule has 0 radical (unpaired) electrons. The van der Waals surface area contributed by atoms with E-state index in [0.29, 0.717) is 11.7 Å². The van der Waals surface area contributed by atoms with Crippen molar-refractivity contribution in [3.05, 3.63) is 46.0 Å². The highest BCUT2D eigenvalue weighted by atomic mass is 32.1. The number of carbonyl (C=O) groups is 2. The summed E-state index contributed by atoms with van der Waals surface area (Å²) in [5.41, 5.74) is 0.0715. The number of amides is 2. The van der Waals surface area contributed by atoms with Crippen molar-refractivity contribution >= 4 is 28.3 Å². The van der Waals surface area contributed by atoms with E-state index >= 15 is 0 Å². The number of benzene rings is 1. The lowest BCUT2D eigenvalue weighted by Gasteiger charge is -2.24. The molecule has 2 rings (SSSR count). The van der Waals surface area contributed by atoms with Gasteiger partial charge < -0.3 is 15.1 Å². The molecule has 0 aliphatic heterocycles. The monoisotopic (exact) mass is 428 g/mol. The Labute approximate surface area is 171 Å². The minimum atomic E-state index is -4.48. The van der Waals surface area contributed by atoms with Gasteiger partial charge in [0.05, 0.1) is 11.3 Å². The van der Waals surface area contributed by atoms with Crippen molar-refractivity contribution < 1.29 is 22.8 Å². The van der Waals surface area contributed by atoms with Gasteiger partial charge >= 0.3 is 6.18 Å². The Balaban J connectivity index is 2.13. The molecular weight excluding hydrogens is 405 g/mol. The first-order chi connectivity index (χ1) is 13.5. The van der Waals surface area contributed by atoms with Gasteiger partial charge in [0, 0.05) is 23.5 Å². The highest BCUT2D eigenvalue weighted by Gasteiger charge is 2.30. The molecule has 1 aromatic heterocycles. The molecule has 0 aliphatic rings. The fourth-order valence-electron chi connectivity index (χ4n) is 2.42. The number of nitrogens with zero attached hydrogens (tertiary/aromatic N) is 3. The maximum atomic E-state index is 12.8. The van der Waals surface area contributed by atoms with E-state index in [1.807, 2.05) is 32.8 Å². The standard InChI is InChI=1S/C19H23F3N4O2S/c1-12-13(2)29-18(23-12)24-16(27)11-26(10-9-25(3)4)17(28)14-5-7-15(8-6-14)19(20,21)22/h5-8H,9-11H2,1-4H3,(H,23,24,27). The Morgan fingerprint density at radius 2 is 1.72 bits per heavy atom. The van der Waals surface area contributed by atoms with E-state index in [2.05, 4.69) is 10.3 Å². The van der Waals surface area contributed by atoms with Gasteiger partial charge in [-0.2, -0.15) is 13.2 Å². The lowest BCUT2D eigenvalue weighted by atomic mass is 10.1. The molecule has 0 spiro atoms. The predicted octanol–water partition coefficient (Wildman–Crippen LogP) is 3.42. The van der Waals surface area contributed by atoms with Crippen LogP contribution in [0.3, 0.4) is 0 Å². The highest BCUT2D eigenvalue weighted by Crippen LogP contribution is 2.29. The second kappa shape index (κ2) is 9.36. The van der Waals surface area contributed by atoms with Crippen molar-refractivity contribution in [3.63, 3.8) is 0 Å². The van der Waals surface area contributed by atoms with Gasteiger partial charge in [-0.25, -0.2) is 4.98 Å². The molecular formula is C19H23F3N4O2S. The topological polar surface area (TPSA) is 65.5 Å². The Morgan fingerprint density at radius 1 is 1.10 bits per heavy atom. The van der Waals surface area contributed by atoms with E-state index in [4.69, 9.17) is 0 Å². The van der Waals surface area contributed by atoms with Gasteiger partial charge in [-0.15, -0.1) is 11.3 Å². The maximum Gasteiger partial charge on any atom is 0.416 e. The summed E-state index contributed by atoms with van der Waals surface area (Å²) in [5.74, 6) is -0.931. The molecule has 1 heterocycles. The van der Waals surface area contributed by atoms with Gasteiger partial charge in [0.1, 0.15) is 6.54 Å². The molecule has 158 valence electrons. The number of hydrogen-bond donors (Lipinski definition) is 1. The first-order valence-corrected chi connectivity index (χ1v) is 9.64. The first kappa shape index (κ1) is 22.8. The molecule has 1 aromatic carbocycles. The zero-order valence-corrected chi connectivity index (χ0v) is 17.4. The van der Waals surface area contributed by atoms with Crippen LogP contribution in [0.1, 0.15) is 26.5 Å². The fraction of sp³-hybridized carbons (Fsp3) is 0.421. The molecule has 0 saturated carbocycles. The number of aryl methyl sites for hydroxylation is 2. The van der Waals surface area contributed by atoms with Crippen molar-refractivity contribution in [1.29, 1.82) is 0 Å². The Hall–Kier alpha value is -2.46. The fourth-order valence-corrected chi connectivity index (χ4v) is 3.25. The third kappa shape index (κ3) is 6.53. The van der Waals surface area contributed by atoms with Crippen LogP contribution < -0.4 is 5.32 Å². The summed E-state index contributed by atoms with van der Waals surface area (Å²) < 4.78 is 38.2. The first-order valence-electron chi connectivity index (χ1n) is 8.82. The van der Waals surface area contributed by atoms with Crippen LogP contribution in [0.5, 0.6) is 0 Å². The zero-order chi connectivity index (χ0) is 21.8. The van der Waals surface area contributed by atoms with Crippen LogP contribution in [0, 0.1) is 13.8 Å². The van der Waals surface area contributed by atoms with Crippen molar-refractivity contribution in [2.24, 2.45) is 0 Å². The van der Waals surface area contributed by atoms with Gasteiger partial charge in [0.2, 0.25) is 5.91 Å². The van der Waals surface area contributed by atoms with E-state index in [1.54, 1.807) is 0 Å². The summed E-state index contributed by atoms with van der Waals surface area (Å²) in [5, 5.41) is 3.11. The minimum absolute atomic E-state index is 0.0884. The summed E-state index contributed by atoms with van der Waals surface area (Å²) in [6, 6.07) is 3.97.